The van der Waals surface area contributed by atoms with Gasteiger partial charge in [0.2, 0.25) is 0 Å². The van der Waals surface area contributed by atoms with E-state index < -0.39 is 0 Å². The van der Waals surface area contributed by atoms with Crippen molar-refractivity contribution in [2.75, 3.05) is 0 Å². The number of halogens is 1. The molecule has 0 atom stereocenters. The van der Waals surface area contributed by atoms with Crippen molar-refractivity contribution in [3.8, 4) is 5.75 Å². The second kappa shape index (κ2) is 9.17. The van der Waals surface area contributed by atoms with Crippen LogP contribution in [0.4, 0.5) is 0 Å². The van der Waals surface area contributed by atoms with Gasteiger partial charge in [0.15, 0.2) is 0 Å². The normalized spacial score (nSPS) is 13.8. The molecule has 1 aliphatic rings. The fourth-order valence-electron chi connectivity index (χ4n) is 3.46. The van der Waals surface area contributed by atoms with Crippen LogP contribution in [0.2, 0.25) is 5.02 Å². The van der Waals surface area contributed by atoms with Crippen LogP contribution in [0.1, 0.15) is 42.0 Å². The number of aryl methyl sites for hydroxylation is 1. The molecule has 0 radical (unpaired) electrons. The molecule has 7 heteroatoms. The molecule has 0 fully saturated rings. The Balaban J connectivity index is 1.39. The van der Waals surface area contributed by atoms with E-state index in [0.717, 1.165) is 41.5 Å². The summed E-state index contributed by atoms with van der Waals surface area (Å²) < 4.78 is 8.26. The van der Waals surface area contributed by atoms with Crippen molar-refractivity contribution < 1.29 is 4.74 Å². The van der Waals surface area contributed by atoms with E-state index in [4.69, 9.17) is 16.3 Å². The van der Waals surface area contributed by atoms with Gasteiger partial charge in [-0.3, -0.25) is 4.98 Å². The molecule has 6 nitrogen and oxygen atoms in total. The van der Waals surface area contributed by atoms with Gasteiger partial charge in [0.1, 0.15) is 24.0 Å². The van der Waals surface area contributed by atoms with E-state index in [1.807, 2.05) is 36.5 Å². The van der Waals surface area contributed by atoms with Crippen LogP contribution in [0.5, 0.6) is 5.75 Å². The monoisotopic (exact) mass is 397 g/mol. The Morgan fingerprint density at radius 3 is 2.96 bits per heavy atom. The number of benzene rings is 1. The van der Waals surface area contributed by atoms with Crippen molar-refractivity contribution in [3.63, 3.8) is 0 Å². The fourth-order valence-corrected chi connectivity index (χ4v) is 3.65. The lowest BCUT2D eigenvalue weighted by atomic mass is 10.2. The first kappa shape index (κ1) is 18.9. The Hall–Kier alpha value is -2.44. The zero-order valence-corrected chi connectivity index (χ0v) is 16.5. The number of pyridine rings is 1. The molecule has 0 saturated heterocycles. The minimum Gasteiger partial charge on any atom is -0.489 e. The molecule has 1 aromatic carbocycles. The molecule has 0 spiro atoms. The molecule has 0 unspecified atom stereocenters. The van der Waals surface area contributed by atoms with Gasteiger partial charge in [0.25, 0.3) is 0 Å². The summed E-state index contributed by atoms with van der Waals surface area (Å²) in [5.41, 5.74) is 2.05. The van der Waals surface area contributed by atoms with Gasteiger partial charge in [-0.25, -0.2) is 0 Å². The lowest BCUT2D eigenvalue weighted by Crippen LogP contribution is -2.18. The number of nitrogens with one attached hydrogen (secondary N) is 1. The maximum absolute atomic E-state index is 6.21. The maximum atomic E-state index is 6.21. The van der Waals surface area contributed by atoms with Gasteiger partial charge in [-0.05, 0) is 37.1 Å². The molecule has 0 amide bonds. The lowest BCUT2D eigenvalue weighted by molar-refractivity contribution is 0.301. The summed E-state index contributed by atoms with van der Waals surface area (Å²) in [5, 5.41) is 12.9. The van der Waals surface area contributed by atoms with Crippen molar-refractivity contribution >= 4 is 11.6 Å². The molecule has 0 saturated carbocycles. The van der Waals surface area contributed by atoms with Crippen LogP contribution < -0.4 is 10.1 Å². The molecule has 3 heterocycles. The summed E-state index contributed by atoms with van der Waals surface area (Å²) in [6, 6.07) is 9.61. The average molecular weight is 398 g/mol. The fraction of sp³-hybridized carbons (Fsp3) is 0.381. The first-order chi connectivity index (χ1) is 13.8. The summed E-state index contributed by atoms with van der Waals surface area (Å²) >= 11 is 6.21. The molecule has 2 aromatic heterocycles. The number of hydrogen-bond donors (Lipinski definition) is 1. The van der Waals surface area contributed by atoms with E-state index in [9.17, 15) is 0 Å². The van der Waals surface area contributed by atoms with Gasteiger partial charge in [-0.1, -0.05) is 24.1 Å². The number of hydrogen-bond acceptors (Lipinski definition) is 5. The zero-order chi connectivity index (χ0) is 19.2. The first-order valence-corrected chi connectivity index (χ1v) is 10.1. The Morgan fingerprint density at radius 2 is 2.07 bits per heavy atom. The predicted octanol–water partition coefficient (Wildman–Crippen LogP) is 3.92. The van der Waals surface area contributed by atoms with Crippen molar-refractivity contribution in [2.24, 2.45) is 0 Å². The summed E-state index contributed by atoms with van der Waals surface area (Å²) in [4.78, 5) is 4.12. The van der Waals surface area contributed by atoms with Gasteiger partial charge < -0.3 is 14.6 Å². The molecular weight excluding hydrogens is 374 g/mol. The standard InChI is InChI=1S/C21H24ClN5O/c22-18-7-8-19(28-15-16-5-4-9-23-12-16)17(11-18)13-24-14-21-26-25-20-6-2-1-3-10-27(20)21/h4-5,7-9,11-12,24H,1-3,6,10,13-15H2. The van der Waals surface area contributed by atoms with Crippen molar-refractivity contribution in [1.29, 1.82) is 0 Å². The number of ether oxygens (including phenoxy) is 1. The Bertz CT molecular complexity index is 912. The molecule has 0 bridgehead atoms. The van der Waals surface area contributed by atoms with Crippen LogP contribution in [0.3, 0.4) is 0 Å². The van der Waals surface area contributed by atoms with Crippen LogP contribution in [-0.2, 0) is 32.7 Å². The van der Waals surface area contributed by atoms with Gasteiger partial charge >= 0.3 is 0 Å². The van der Waals surface area contributed by atoms with Gasteiger partial charge in [-0.2, -0.15) is 0 Å². The molecule has 1 aliphatic heterocycles. The van der Waals surface area contributed by atoms with E-state index >= 15 is 0 Å². The minimum absolute atomic E-state index is 0.472. The van der Waals surface area contributed by atoms with Crippen LogP contribution >= 0.6 is 11.6 Å². The number of nitrogens with zero attached hydrogens (tertiary/aromatic N) is 4. The average Bonchev–Trinajstić information content (AvgIpc) is 2.94. The summed E-state index contributed by atoms with van der Waals surface area (Å²) in [7, 11) is 0. The highest BCUT2D eigenvalue weighted by molar-refractivity contribution is 6.30. The summed E-state index contributed by atoms with van der Waals surface area (Å²) in [6.45, 7) is 2.79. The highest BCUT2D eigenvalue weighted by atomic mass is 35.5. The van der Waals surface area contributed by atoms with Gasteiger partial charge in [0.05, 0.1) is 6.54 Å². The molecular formula is C21H24ClN5O. The molecule has 146 valence electrons. The maximum Gasteiger partial charge on any atom is 0.147 e. The minimum atomic E-state index is 0.472. The number of aromatic nitrogens is 4. The quantitative estimate of drug-likeness (QED) is 0.654. The van der Waals surface area contributed by atoms with Crippen molar-refractivity contribution in [1.82, 2.24) is 25.1 Å². The van der Waals surface area contributed by atoms with Gasteiger partial charge in [-0.15, -0.1) is 10.2 Å². The Kier molecular flexibility index (Phi) is 6.19. The summed E-state index contributed by atoms with van der Waals surface area (Å²) in [5.74, 6) is 2.93. The topological polar surface area (TPSA) is 64.9 Å². The van der Waals surface area contributed by atoms with Crippen LogP contribution in [-0.4, -0.2) is 19.7 Å². The molecule has 3 aromatic rings. The van der Waals surface area contributed by atoms with E-state index in [1.165, 1.54) is 19.3 Å². The van der Waals surface area contributed by atoms with E-state index in [2.05, 4.69) is 25.1 Å². The smallest absolute Gasteiger partial charge is 0.147 e. The van der Waals surface area contributed by atoms with E-state index in [-0.39, 0.29) is 0 Å². The van der Waals surface area contributed by atoms with Crippen LogP contribution in [0.15, 0.2) is 42.7 Å². The number of fused-ring (bicyclic) bond motifs is 1. The predicted molar refractivity (Wildman–Crippen MR) is 108 cm³/mol. The molecule has 0 aliphatic carbocycles. The Labute approximate surface area is 169 Å². The second-order valence-electron chi connectivity index (χ2n) is 7.00. The molecule has 1 N–H and O–H groups in total. The van der Waals surface area contributed by atoms with E-state index in [0.29, 0.717) is 24.7 Å². The SMILES string of the molecule is Clc1ccc(OCc2cccnc2)c(CNCc2nnc3n2CCCCC3)c1. The largest absolute Gasteiger partial charge is 0.489 e. The molecule has 4 rings (SSSR count). The summed E-state index contributed by atoms with van der Waals surface area (Å²) in [6.07, 6.45) is 8.24. The van der Waals surface area contributed by atoms with E-state index in [1.54, 1.807) is 6.20 Å². The third kappa shape index (κ3) is 4.69. The third-order valence-electron chi connectivity index (χ3n) is 4.92. The Morgan fingerprint density at radius 1 is 1.11 bits per heavy atom. The lowest BCUT2D eigenvalue weighted by Gasteiger charge is -2.13. The van der Waals surface area contributed by atoms with Crippen molar-refractivity contribution in [3.05, 3.63) is 70.5 Å². The number of rotatable bonds is 7. The third-order valence-corrected chi connectivity index (χ3v) is 5.16. The zero-order valence-electron chi connectivity index (χ0n) is 15.8. The first-order valence-electron chi connectivity index (χ1n) is 9.71. The van der Waals surface area contributed by atoms with Gasteiger partial charge in [0, 0.05) is 48.1 Å². The highest BCUT2D eigenvalue weighted by Gasteiger charge is 2.14. The van der Waals surface area contributed by atoms with Crippen LogP contribution in [0.25, 0.3) is 0 Å². The van der Waals surface area contributed by atoms with Crippen LogP contribution in [0, 0.1) is 0 Å². The molecule has 28 heavy (non-hydrogen) atoms. The van der Waals surface area contributed by atoms with Crippen molar-refractivity contribution in [2.45, 2.75) is 51.9 Å². The highest BCUT2D eigenvalue weighted by Crippen LogP contribution is 2.24. The second-order valence-corrected chi connectivity index (χ2v) is 7.44.